The van der Waals surface area contributed by atoms with Crippen molar-refractivity contribution in [2.75, 3.05) is 13.1 Å². The molecule has 0 radical (unpaired) electrons. The number of carbonyl (C=O) groups is 2. The van der Waals surface area contributed by atoms with E-state index in [2.05, 4.69) is 31.1 Å². The molecule has 0 bridgehead atoms. The SMILES string of the molecule is Cc1cc(C(=O)NCCCNC(=O)c2cccc(O)c2)c(C)n1-c1cccc(Br)c1. The van der Waals surface area contributed by atoms with Gasteiger partial charge >= 0.3 is 0 Å². The number of phenols is 1. The van der Waals surface area contributed by atoms with Gasteiger partial charge in [0.1, 0.15) is 5.75 Å². The lowest BCUT2D eigenvalue weighted by Crippen LogP contribution is -2.30. The maximum Gasteiger partial charge on any atom is 0.253 e. The number of aromatic hydroxyl groups is 1. The highest BCUT2D eigenvalue weighted by atomic mass is 79.9. The van der Waals surface area contributed by atoms with E-state index in [4.69, 9.17) is 0 Å². The zero-order valence-electron chi connectivity index (χ0n) is 16.9. The van der Waals surface area contributed by atoms with Gasteiger partial charge in [0.15, 0.2) is 0 Å². The van der Waals surface area contributed by atoms with Crippen LogP contribution in [0, 0.1) is 13.8 Å². The molecule has 0 aliphatic heterocycles. The molecule has 0 atom stereocenters. The highest BCUT2D eigenvalue weighted by molar-refractivity contribution is 9.10. The molecular weight excluding hydrogens is 446 g/mol. The smallest absolute Gasteiger partial charge is 0.253 e. The van der Waals surface area contributed by atoms with Gasteiger partial charge in [-0.2, -0.15) is 0 Å². The highest BCUT2D eigenvalue weighted by Gasteiger charge is 2.16. The van der Waals surface area contributed by atoms with Crippen LogP contribution in [0.4, 0.5) is 0 Å². The third kappa shape index (κ3) is 5.10. The number of benzene rings is 2. The van der Waals surface area contributed by atoms with Crippen LogP contribution in [-0.4, -0.2) is 34.6 Å². The minimum Gasteiger partial charge on any atom is -0.508 e. The number of nitrogens with zero attached hydrogens (tertiary/aromatic N) is 1. The summed E-state index contributed by atoms with van der Waals surface area (Å²) in [6, 6.07) is 16.0. The molecule has 6 nitrogen and oxygen atoms in total. The average molecular weight is 470 g/mol. The summed E-state index contributed by atoms with van der Waals surface area (Å²) in [7, 11) is 0. The molecule has 0 aliphatic carbocycles. The molecule has 0 saturated carbocycles. The van der Waals surface area contributed by atoms with Gasteiger partial charge in [-0.3, -0.25) is 9.59 Å². The fraction of sp³-hybridized carbons (Fsp3) is 0.217. The van der Waals surface area contributed by atoms with E-state index in [1.165, 1.54) is 12.1 Å². The predicted molar refractivity (Wildman–Crippen MR) is 120 cm³/mol. The molecular formula is C23H24BrN3O3. The van der Waals surface area contributed by atoms with Crippen molar-refractivity contribution in [1.29, 1.82) is 0 Å². The van der Waals surface area contributed by atoms with E-state index in [1.54, 1.807) is 12.1 Å². The number of carbonyl (C=O) groups excluding carboxylic acids is 2. The molecule has 3 N–H and O–H groups in total. The van der Waals surface area contributed by atoms with Gasteiger partial charge in [-0.25, -0.2) is 0 Å². The minimum atomic E-state index is -0.255. The molecule has 2 aromatic carbocycles. The minimum absolute atomic E-state index is 0.0513. The van der Waals surface area contributed by atoms with E-state index in [9.17, 15) is 14.7 Å². The summed E-state index contributed by atoms with van der Waals surface area (Å²) >= 11 is 3.49. The Hall–Kier alpha value is -3.06. The second kappa shape index (κ2) is 9.63. The topological polar surface area (TPSA) is 83.4 Å². The maximum atomic E-state index is 12.6. The molecule has 30 heavy (non-hydrogen) atoms. The zero-order chi connectivity index (χ0) is 21.7. The number of amides is 2. The van der Waals surface area contributed by atoms with E-state index in [1.807, 2.05) is 44.2 Å². The quantitative estimate of drug-likeness (QED) is 0.455. The average Bonchev–Trinajstić information content (AvgIpc) is 3.01. The Kier molecular flexibility index (Phi) is 6.95. The first-order valence-electron chi connectivity index (χ1n) is 9.67. The largest absolute Gasteiger partial charge is 0.508 e. The third-order valence-electron chi connectivity index (χ3n) is 4.78. The Bertz CT molecular complexity index is 1080. The molecule has 7 heteroatoms. The lowest BCUT2D eigenvalue weighted by molar-refractivity contribution is 0.0951. The third-order valence-corrected chi connectivity index (χ3v) is 5.27. The van der Waals surface area contributed by atoms with Crippen LogP contribution in [0.5, 0.6) is 5.75 Å². The van der Waals surface area contributed by atoms with Gasteiger partial charge in [0.25, 0.3) is 11.8 Å². The molecule has 0 aliphatic rings. The summed E-state index contributed by atoms with van der Waals surface area (Å²) in [5, 5.41) is 15.1. The van der Waals surface area contributed by atoms with Gasteiger partial charge in [-0.05, 0) is 62.7 Å². The van der Waals surface area contributed by atoms with Crippen molar-refractivity contribution in [1.82, 2.24) is 15.2 Å². The Balaban J connectivity index is 1.53. The second-order valence-corrected chi connectivity index (χ2v) is 7.93. The first kappa shape index (κ1) is 21.6. The molecule has 1 heterocycles. The van der Waals surface area contributed by atoms with Gasteiger partial charge in [0, 0.05) is 40.2 Å². The first-order valence-corrected chi connectivity index (χ1v) is 10.5. The molecule has 0 unspecified atom stereocenters. The second-order valence-electron chi connectivity index (χ2n) is 7.02. The van der Waals surface area contributed by atoms with Crippen LogP contribution in [0.1, 0.15) is 38.5 Å². The molecule has 0 fully saturated rings. The van der Waals surface area contributed by atoms with Crippen LogP contribution >= 0.6 is 15.9 Å². The molecule has 1 aromatic heterocycles. The number of halogens is 1. The van der Waals surface area contributed by atoms with E-state index in [0.29, 0.717) is 30.6 Å². The number of aryl methyl sites for hydroxylation is 1. The van der Waals surface area contributed by atoms with Gasteiger partial charge < -0.3 is 20.3 Å². The van der Waals surface area contributed by atoms with E-state index in [-0.39, 0.29) is 17.6 Å². The summed E-state index contributed by atoms with van der Waals surface area (Å²) in [5.74, 6) is -0.339. The summed E-state index contributed by atoms with van der Waals surface area (Å²) in [4.78, 5) is 24.7. The molecule has 3 rings (SSSR count). The monoisotopic (exact) mass is 469 g/mol. The maximum absolute atomic E-state index is 12.6. The molecule has 2 amide bonds. The van der Waals surface area contributed by atoms with E-state index in [0.717, 1.165) is 21.5 Å². The Morgan fingerprint density at radius 3 is 2.37 bits per heavy atom. The van der Waals surface area contributed by atoms with Crippen molar-refractivity contribution in [3.05, 3.63) is 81.6 Å². The van der Waals surface area contributed by atoms with Crippen LogP contribution in [0.25, 0.3) is 5.69 Å². The Labute approximate surface area is 184 Å². The summed E-state index contributed by atoms with van der Waals surface area (Å²) < 4.78 is 3.03. The molecule has 3 aromatic rings. The highest BCUT2D eigenvalue weighted by Crippen LogP contribution is 2.23. The van der Waals surface area contributed by atoms with E-state index < -0.39 is 0 Å². The fourth-order valence-corrected chi connectivity index (χ4v) is 3.73. The van der Waals surface area contributed by atoms with Crippen LogP contribution in [0.3, 0.4) is 0 Å². The number of aromatic nitrogens is 1. The van der Waals surface area contributed by atoms with Crippen molar-refractivity contribution in [2.24, 2.45) is 0 Å². The van der Waals surface area contributed by atoms with Crippen LogP contribution in [-0.2, 0) is 0 Å². The Morgan fingerprint density at radius 2 is 1.67 bits per heavy atom. The van der Waals surface area contributed by atoms with E-state index >= 15 is 0 Å². The summed E-state index contributed by atoms with van der Waals surface area (Å²) in [5.41, 5.74) is 3.89. The van der Waals surface area contributed by atoms with Crippen molar-refractivity contribution in [3.8, 4) is 11.4 Å². The molecule has 0 spiro atoms. The summed E-state index contributed by atoms with van der Waals surface area (Å²) in [6.07, 6.45) is 0.598. The molecule has 0 saturated heterocycles. The standard InChI is InChI=1S/C23H24BrN3O3/c1-15-12-21(16(2)27(15)19-8-4-7-18(24)14-19)23(30)26-11-5-10-25-22(29)17-6-3-9-20(28)13-17/h3-4,6-9,12-14,28H,5,10-11H2,1-2H3,(H,25,29)(H,26,30). The zero-order valence-corrected chi connectivity index (χ0v) is 18.5. The molecule has 156 valence electrons. The van der Waals surface area contributed by atoms with Crippen LogP contribution < -0.4 is 10.6 Å². The van der Waals surface area contributed by atoms with Gasteiger partial charge in [-0.1, -0.05) is 28.1 Å². The number of nitrogens with one attached hydrogen (secondary N) is 2. The van der Waals surface area contributed by atoms with Crippen molar-refractivity contribution < 1.29 is 14.7 Å². The van der Waals surface area contributed by atoms with Gasteiger partial charge in [-0.15, -0.1) is 0 Å². The number of rotatable bonds is 7. The van der Waals surface area contributed by atoms with Gasteiger partial charge in [0.05, 0.1) is 5.56 Å². The van der Waals surface area contributed by atoms with Crippen molar-refractivity contribution >= 4 is 27.7 Å². The number of hydrogen-bond donors (Lipinski definition) is 3. The first-order chi connectivity index (χ1) is 14.4. The number of hydrogen-bond acceptors (Lipinski definition) is 3. The number of phenolic OH excluding ortho intramolecular Hbond substituents is 1. The van der Waals surface area contributed by atoms with Crippen molar-refractivity contribution in [2.45, 2.75) is 20.3 Å². The summed E-state index contributed by atoms with van der Waals surface area (Å²) in [6.45, 7) is 4.77. The van der Waals surface area contributed by atoms with Crippen LogP contribution in [0.2, 0.25) is 0 Å². The van der Waals surface area contributed by atoms with Gasteiger partial charge in [0.2, 0.25) is 0 Å². The predicted octanol–water partition coefficient (Wildman–Crippen LogP) is 4.11. The Morgan fingerprint density at radius 1 is 0.967 bits per heavy atom. The lowest BCUT2D eigenvalue weighted by Gasteiger charge is -2.11. The normalized spacial score (nSPS) is 10.6. The van der Waals surface area contributed by atoms with Crippen molar-refractivity contribution in [3.63, 3.8) is 0 Å². The fourth-order valence-electron chi connectivity index (χ4n) is 3.34. The lowest BCUT2D eigenvalue weighted by atomic mass is 10.2. The van der Waals surface area contributed by atoms with Crippen LogP contribution in [0.15, 0.2) is 59.1 Å².